The molecule has 1 fully saturated rings. The number of allylic oxidation sites excluding steroid dienone is 3. The molecule has 1 saturated carbocycles. The molecule has 0 N–H and O–H groups in total. The van der Waals surface area contributed by atoms with Crippen molar-refractivity contribution in [3.63, 3.8) is 0 Å². The van der Waals surface area contributed by atoms with Crippen molar-refractivity contribution in [2.45, 2.75) is 84.0 Å². The van der Waals surface area contributed by atoms with Crippen LogP contribution in [0, 0.1) is 29.4 Å². The monoisotopic (exact) mass is 416 g/mol. The van der Waals surface area contributed by atoms with E-state index in [-0.39, 0.29) is 5.75 Å². The summed E-state index contributed by atoms with van der Waals surface area (Å²) < 4.78 is 34.8. The lowest BCUT2D eigenvalue weighted by Crippen LogP contribution is -2.22. The van der Waals surface area contributed by atoms with Crippen molar-refractivity contribution in [1.29, 1.82) is 0 Å². The van der Waals surface area contributed by atoms with Crippen LogP contribution in [-0.2, 0) is 0 Å². The predicted octanol–water partition coefficient (Wildman–Crippen LogP) is 8.49. The van der Waals surface area contributed by atoms with Crippen molar-refractivity contribution in [3.8, 4) is 5.75 Å². The molecule has 1 atom stereocenters. The summed E-state index contributed by atoms with van der Waals surface area (Å²) in [7, 11) is 0. The number of benzene rings is 1. The second-order valence-electron chi connectivity index (χ2n) is 9.36. The van der Waals surface area contributed by atoms with E-state index in [2.05, 4.69) is 19.6 Å². The molecule has 0 amide bonds. The maximum atomic E-state index is 14.8. The largest absolute Gasteiger partial charge is 0.490 e. The molecule has 1 unspecified atom stereocenters. The molecule has 3 heteroatoms. The van der Waals surface area contributed by atoms with E-state index in [1.165, 1.54) is 25.7 Å². The van der Waals surface area contributed by atoms with Gasteiger partial charge in [-0.2, -0.15) is 4.39 Å². The van der Waals surface area contributed by atoms with Crippen LogP contribution in [0.3, 0.4) is 0 Å². The van der Waals surface area contributed by atoms with Crippen LogP contribution < -0.4 is 4.74 Å². The van der Waals surface area contributed by atoms with Gasteiger partial charge in [-0.1, -0.05) is 44.8 Å². The van der Waals surface area contributed by atoms with E-state index in [4.69, 9.17) is 4.74 Å². The van der Waals surface area contributed by atoms with Gasteiger partial charge in [0.25, 0.3) is 0 Å². The van der Waals surface area contributed by atoms with Gasteiger partial charge in [0.1, 0.15) is 0 Å². The van der Waals surface area contributed by atoms with Gasteiger partial charge in [0.05, 0.1) is 6.61 Å². The second kappa shape index (κ2) is 11.7. The highest BCUT2D eigenvalue weighted by atomic mass is 19.2. The second-order valence-corrected chi connectivity index (χ2v) is 9.36. The minimum absolute atomic E-state index is 0.0351. The number of hydrogen-bond acceptors (Lipinski definition) is 1. The molecule has 0 bridgehead atoms. The fraction of sp³-hybridized carbons (Fsp3) is 0.630. The van der Waals surface area contributed by atoms with Gasteiger partial charge >= 0.3 is 0 Å². The number of halogens is 2. The average molecular weight is 417 g/mol. The highest BCUT2D eigenvalue weighted by Gasteiger charge is 2.28. The highest BCUT2D eigenvalue weighted by molar-refractivity contribution is 5.67. The first kappa shape index (κ1) is 23.0. The zero-order valence-corrected chi connectivity index (χ0v) is 18.6. The molecule has 0 aliphatic heterocycles. The summed E-state index contributed by atoms with van der Waals surface area (Å²) in [4.78, 5) is 0. The van der Waals surface area contributed by atoms with E-state index in [1.54, 1.807) is 12.1 Å². The molecule has 1 aromatic rings. The maximum absolute atomic E-state index is 14.8. The molecular weight excluding hydrogens is 378 g/mol. The predicted molar refractivity (Wildman–Crippen MR) is 122 cm³/mol. The summed E-state index contributed by atoms with van der Waals surface area (Å²) in [6.07, 6.45) is 17.5. The molecule has 1 aromatic carbocycles. The van der Waals surface area contributed by atoms with Crippen LogP contribution in [0.25, 0.3) is 5.57 Å². The fourth-order valence-corrected chi connectivity index (χ4v) is 5.10. The molecule has 0 heterocycles. The molecule has 30 heavy (non-hydrogen) atoms. The molecule has 0 aromatic heterocycles. The lowest BCUT2D eigenvalue weighted by atomic mass is 9.71. The minimum atomic E-state index is -0.844. The van der Waals surface area contributed by atoms with Crippen LogP contribution in [0.1, 0.15) is 89.5 Å². The van der Waals surface area contributed by atoms with E-state index in [1.807, 2.05) is 6.08 Å². The van der Waals surface area contributed by atoms with Crippen LogP contribution >= 0.6 is 0 Å². The third kappa shape index (κ3) is 6.18. The highest BCUT2D eigenvalue weighted by Crippen LogP contribution is 2.42. The smallest absolute Gasteiger partial charge is 0.201 e. The number of unbranched alkanes of at least 4 members (excludes halogenated alkanes) is 4. The number of rotatable bonds is 10. The molecule has 2 aliphatic carbocycles. The molecule has 0 saturated heterocycles. The maximum Gasteiger partial charge on any atom is 0.201 e. The summed E-state index contributed by atoms with van der Waals surface area (Å²) in [6.45, 7) is 6.49. The number of hydrogen-bond donors (Lipinski definition) is 0. The van der Waals surface area contributed by atoms with Crippen molar-refractivity contribution in [2.75, 3.05) is 6.61 Å². The molecule has 0 spiro atoms. The van der Waals surface area contributed by atoms with Crippen molar-refractivity contribution in [2.24, 2.45) is 17.8 Å². The van der Waals surface area contributed by atoms with Gasteiger partial charge in [-0.25, -0.2) is 4.39 Å². The Hall–Kier alpha value is -1.64. The summed E-state index contributed by atoms with van der Waals surface area (Å²) in [6, 6.07) is 3.30. The fourth-order valence-electron chi connectivity index (χ4n) is 5.10. The normalized spacial score (nSPS) is 24.4. The van der Waals surface area contributed by atoms with Gasteiger partial charge in [-0.15, -0.1) is 6.58 Å². The van der Waals surface area contributed by atoms with E-state index in [9.17, 15) is 8.78 Å². The van der Waals surface area contributed by atoms with Crippen LogP contribution in [0.2, 0.25) is 0 Å². The Bertz CT molecular complexity index is 716. The van der Waals surface area contributed by atoms with E-state index in [0.29, 0.717) is 18.1 Å². The zero-order chi connectivity index (χ0) is 21.3. The van der Waals surface area contributed by atoms with Crippen molar-refractivity contribution in [3.05, 3.63) is 48.1 Å². The Morgan fingerprint density at radius 2 is 1.73 bits per heavy atom. The first-order chi connectivity index (χ1) is 14.6. The average Bonchev–Trinajstić information content (AvgIpc) is 2.77. The van der Waals surface area contributed by atoms with Crippen LogP contribution in [0.4, 0.5) is 8.78 Å². The Balaban J connectivity index is 1.52. The summed E-state index contributed by atoms with van der Waals surface area (Å²) in [5, 5.41) is 0. The molecule has 1 nitrogen and oxygen atoms in total. The Labute approximate surface area is 181 Å². The molecule has 2 aliphatic rings. The topological polar surface area (TPSA) is 9.23 Å². The first-order valence-corrected chi connectivity index (χ1v) is 12.0. The van der Waals surface area contributed by atoms with Crippen LogP contribution in [-0.4, -0.2) is 6.61 Å². The van der Waals surface area contributed by atoms with Gasteiger partial charge in [0, 0.05) is 5.56 Å². The van der Waals surface area contributed by atoms with Crippen molar-refractivity contribution >= 4 is 5.57 Å². The van der Waals surface area contributed by atoms with E-state index in [0.717, 1.165) is 68.8 Å². The Kier molecular flexibility index (Phi) is 8.96. The summed E-state index contributed by atoms with van der Waals surface area (Å²) in [5.41, 5.74) is 1.38. The van der Waals surface area contributed by atoms with Crippen molar-refractivity contribution < 1.29 is 13.5 Å². The van der Waals surface area contributed by atoms with Gasteiger partial charge in [0.2, 0.25) is 5.82 Å². The van der Waals surface area contributed by atoms with Gasteiger partial charge in [-0.05, 0) is 86.8 Å². The quantitative estimate of drug-likeness (QED) is 0.274. The molecule has 3 rings (SSSR count). The Morgan fingerprint density at radius 3 is 2.43 bits per heavy atom. The number of ether oxygens (including phenoxy) is 1. The summed E-state index contributed by atoms with van der Waals surface area (Å²) in [5.74, 6) is 0.827. The lowest BCUT2D eigenvalue weighted by molar-refractivity contribution is 0.202. The first-order valence-electron chi connectivity index (χ1n) is 12.0. The molecular formula is C27H38F2O. The lowest BCUT2D eigenvalue weighted by Gasteiger charge is -2.34. The third-order valence-electron chi connectivity index (χ3n) is 7.13. The zero-order valence-electron chi connectivity index (χ0n) is 18.6. The van der Waals surface area contributed by atoms with E-state index < -0.39 is 11.6 Å². The van der Waals surface area contributed by atoms with Gasteiger partial charge < -0.3 is 4.74 Å². The minimum Gasteiger partial charge on any atom is -0.490 e. The van der Waals surface area contributed by atoms with Gasteiger partial charge in [-0.3, -0.25) is 0 Å². The summed E-state index contributed by atoms with van der Waals surface area (Å²) >= 11 is 0. The SMILES string of the molecule is C=CCCCCCCOc1ccc(C2=CCC(C3CCC(C)CC3)CC2)c(F)c1F. The molecule has 166 valence electrons. The van der Waals surface area contributed by atoms with Crippen molar-refractivity contribution in [1.82, 2.24) is 0 Å². The standard InChI is InChI=1S/C27H38F2O/c1-3-4-5-6-7-8-19-30-25-18-17-24(26(28)27(25)29)23-15-13-22(14-16-23)21-11-9-20(2)10-12-21/h3,15,17-18,20-22H,1,4-14,16,19H2,2H3. The molecule has 0 radical (unpaired) electrons. The van der Waals surface area contributed by atoms with Crippen LogP contribution in [0.15, 0.2) is 30.9 Å². The van der Waals surface area contributed by atoms with E-state index >= 15 is 0 Å². The third-order valence-corrected chi connectivity index (χ3v) is 7.13. The Morgan fingerprint density at radius 1 is 0.967 bits per heavy atom. The van der Waals surface area contributed by atoms with Gasteiger partial charge in [0.15, 0.2) is 11.6 Å². The van der Waals surface area contributed by atoms with Crippen LogP contribution in [0.5, 0.6) is 5.75 Å².